The van der Waals surface area contributed by atoms with E-state index >= 15 is 0 Å². The van der Waals surface area contributed by atoms with Crippen molar-refractivity contribution in [1.82, 2.24) is 19.8 Å². The van der Waals surface area contributed by atoms with Gasteiger partial charge >= 0.3 is 0 Å². The van der Waals surface area contributed by atoms with Crippen molar-refractivity contribution in [2.45, 2.75) is 44.6 Å². The molecule has 1 saturated heterocycles. The zero-order valence-corrected chi connectivity index (χ0v) is 22.5. The maximum absolute atomic E-state index is 13.4. The highest BCUT2D eigenvalue weighted by molar-refractivity contribution is 6.30. The van der Waals surface area contributed by atoms with Crippen molar-refractivity contribution in [1.29, 1.82) is 0 Å². The van der Waals surface area contributed by atoms with Crippen LogP contribution < -0.4 is 10.6 Å². The molecule has 204 valence electrons. The summed E-state index contributed by atoms with van der Waals surface area (Å²) < 4.78 is 5.82. The molecule has 4 heterocycles. The fraction of sp³-hybridized carbons (Fsp3) is 0.407. The van der Waals surface area contributed by atoms with Crippen molar-refractivity contribution in [3.8, 4) is 0 Å². The molecule has 12 heteroatoms. The van der Waals surface area contributed by atoms with E-state index in [0.717, 1.165) is 25.8 Å². The van der Waals surface area contributed by atoms with Crippen LogP contribution >= 0.6 is 11.6 Å². The lowest BCUT2D eigenvalue weighted by molar-refractivity contribution is -0.130. The van der Waals surface area contributed by atoms with Gasteiger partial charge in [0.1, 0.15) is 22.7 Å². The number of rotatable bonds is 6. The minimum atomic E-state index is -0.644. The zero-order valence-electron chi connectivity index (χ0n) is 21.7. The summed E-state index contributed by atoms with van der Waals surface area (Å²) in [6.45, 7) is 0.780. The van der Waals surface area contributed by atoms with E-state index in [0.29, 0.717) is 24.3 Å². The van der Waals surface area contributed by atoms with Crippen LogP contribution in [0.5, 0.6) is 0 Å². The van der Waals surface area contributed by atoms with Crippen molar-refractivity contribution >= 4 is 57.8 Å². The summed E-state index contributed by atoms with van der Waals surface area (Å²) in [7, 11) is 3.21. The predicted molar refractivity (Wildman–Crippen MR) is 145 cm³/mol. The Morgan fingerprint density at radius 2 is 1.85 bits per heavy atom. The number of nitrogens with zero attached hydrogens (tertiary/aromatic N) is 4. The molecule has 39 heavy (non-hydrogen) atoms. The number of carbonyl (C=O) groups excluding carboxylic acids is 4. The van der Waals surface area contributed by atoms with E-state index in [1.807, 2.05) is 4.90 Å². The molecule has 5 rings (SSSR count). The topological polar surface area (TPSA) is 138 Å². The smallest absolute Gasteiger partial charge is 0.294 e. The lowest BCUT2D eigenvalue weighted by Gasteiger charge is -2.34. The van der Waals surface area contributed by atoms with Crippen LogP contribution in [0.3, 0.4) is 0 Å². The van der Waals surface area contributed by atoms with Crippen LogP contribution in [0.4, 0.5) is 11.5 Å². The molecule has 0 radical (unpaired) electrons. The fourth-order valence-corrected chi connectivity index (χ4v) is 5.27. The first kappa shape index (κ1) is 26.6. The highest BCUT2D eigenvalue weighted by Crippen LogP contribution is 2.34. The molecule has 0 spiro atoms. The van der Waals surface area contributed by atoms with Gasteiger partial charge in [-0.3, -0.25) is 19.2 Å². The van der Waals surface area contributed by atoms with E-state index in [9.17, 15) is 19.2 Å². The van der Waals surface area contributed by atoms with Gasteiger partial charge in [-0.2, -0.15) is 0 Å². The predicted octanol–water partition coefficient (Wildman–Crippen LogP) is 3.95. The van der Waals surface area contributed by atoms with Gasteiger partial charge in [0.05, 0.1) is 5.02 Å². The third-order valence-electron chi connectivity index (χ3n) is 7.20. The lowest BCUT2D eigenvalue weighted by atomic mass is 9.84. The second-order valence-electron chi connectivity index (χ2n) is 10.1. The molecule has 1 aliphatic carbocycles. The van der Waals surface area contributed by atoms with Gasteiger partial charge < -0.3 is 24.9 Å². The highest BCUT2D eigenvalue weighted by Gasteiger charge is 2.34. The number of anilines is 2. The molecule has 0 aromatic carbocycles. The number of aromatic nitrogens is 2. The molecular formula is C27H29ClN6O5. The molecule has 11 nitrogen and oxygen atoms in total. The summed E-state index contributed by atoms with van der Waals surface area (Å²) in [4.78, 5) is 63.2. The van der Waals surface area contributed by atoms with Crippen LogP contribution in [0.1, 0.15) is 59.6 Å². The lowest BCUT2D eigenvalue weighted by Crippen LogP contribution is -2.40. The summed E-state index contributed by atoms with van der Waals surface area (Å²) >= 11 is 5.89. The van der Waals surface area contributed by atoms with Crippen LogP contribution in [0, 0.1) is 5.92 Å². The number of furan rings is 1. The van der Waals surface area contributed by atoms with Crippen molar-refractivity contribution < 1.29 is 23.6 Å². The number of carbonyl (C=O) groups is 4. The molecule has 1 saturated carbocycles. The number of halogens is 1. The number of pyridine rings is 2. The van der Waals surface area contributed by atoms with Crippen LogP contribution in [-0.4, -0.2) is 70.1 Å². The van der Waals surface area contributed by atoms with Gasteiger partial charge in [-0.15, -0.1) is 0 Å². The van der Waals surface area contributed by atoms with E-state index in [-0.39, 0.29) is 63.7 Å². The Morgan fingerprint density at radius 3 is 2.49 bits per heavy atom. The number of hydrogen-bond acceptors (Lipinski definition) is 7. The Kier molecular flexibility index (Phi) is 7.51. The number of nitrogens with one attached hydrogen (secondary N) is 2. The Hall–Kier alpha value is -3.99. The van der Waals surface area contributed by atoms with Crippen LogP contribution in [0.2, 0.25) is 5.02 Å². The van der Waals surface area contributed by atoms with Crippen molar-refractivity contribution in [3.63, 3.8) is 0 Å². The SMILES string of the molecule is CN(C)C(=O)c1ccc2oc(C(=O)Nc3ccc(Cl)cn3)c(NC(=O)[C@H]3CC[C@H](N4CCCC4=O)CC3)c2n1. The second kappa shape index (κ2) is 11.0. The summed E-state index contributed by atoms with van der Waals surface area (Å²) in [6, 6.07) is 6.33. The van der Waals surface area contributed by atoms with Gasteiger partial charge in [-0.05, 0) is 56.4 Å². The molecule has 3 aromatic heterocycles. The Morgan fingerprint density at radius 1 is 1.08 bits per heavy atom. The van der Waals surface area contributed by atoms with Crippen LogP contribution in [0.25, 0.3) is 11.1 Å². The average Bonchev–Trinajstić information content (AvgIpc) is 3.52. The molecule has 0 unspecified atom stereocenters. The largest absolute Gasteiger partial charge is 0.447 e. The second-order valence-corrected chi connectivity index (χ2v) is 10.5. The van der Waals surface area contributed by atoms with E-state index in [2.05, 4.69) is 20.6 Å². The van der Waals surface area contributed by atoms with Gasteiger partial charge in [-0.1, -0.05) is 11.6 Å². The number of amides is 4. The molecule has 1 aliphatic heterocycles. The van der Waals surface area contributed by atoms with Crippen molar-refractivity contribution in [2.24, 2.45) is 5.92 Å². The molecule has 2 N–H and O–H groups in total. The summed E-state index contributed by atoms with van der Waals surface area (Å²) in [5.74, 6) is -1.27. The van der Waals surface area contributed by atoms with E-state index < -0.39 is 5.91 Å². The molecule has 2 aliphatic rings. The van der Waals surface area contributed by atoms with Gasteiger partial charge in [0, 0.05) is 45.2 Å². The molecule has 3 aromatic rings. The highest BCUT2D eigenvalue weighted by atomic mass is 35.5. The van der Waals surface area contributed by atoms with Gasteiger partial charge in [0.25, 0.3) is 11.8 Å². The number of likely N-dealkylation sites (tertiary alicyclic amines) is 1. The van der Waals surface area contributed by atoms with E-state index in [1.165, 1.54) is 23.2 Å². The number of hydrogen-bond donors (Lipinski definition) is 2. The van der Waals surface area contributed by atoms with Crippen molar-refractivity contribution in [3.05, 3.63) is 46.9 Å². The number of fused-ring (bicyclic) bond motifs is 1. The summed E-state index contributed by atoms with van der Waals surface area (Å²) in [5.41, 5.74) is 0.672. The Bertz CT molecular complexity index is 1430. The first-order valence-corrected chi connectivity index (χ1v) is 13.3. The maximum atomic E-state index is 13.4. The molecule has 4 amide bonds. The minimum absolute atomic E-state index is 0.0895. The summed E-state index contributed by atoms with van der Waals surface area (Å²) in [5, 5.41) is 5.92. The third-order valence-corrected chi connectivity index (χ3v) is 7.42. The normalized spacial score (nSPS) is 19.3. The first-order chi connectivity index (χ1) is 18.7. The van der Waals surface area contributed by atoms with Gasteiger partial charge in [0.15, 0.2) is 5.58 Å². The third kappa shape index (κ3) is 5.58. The zero-order chi connectivity index (χ0) is 27.7. The van der Waals surface area contributed by atoms with E-state index in [1.54, 1.807) is 26.2 Å². The summed E-state index contributed by atoms with van der Waals surface area (Å²) in [6.07, 6.45) is 5.58. The van der Waals surface area contributed by atoms with Gasteiger partial charge in [-0.25, -0.2) is 9.97 Å². The Balaban J connectivity index is 1.40. The fourth-order valence-electron chi connectivity index (χ4n) is 5.15. The standard InChI is InChI=1S/C27H29ClN6O5/c1-33(2)27(38)18-10-11-19-22(30-18)23(24(39-19)26(37)31-20-12-7-16(28)14-29-20)32-25(36)15-5-8-17(9-6-15)34-13-3-4-21(34)35/h7,10-12,14-15,17H,3-6,8-9,13H2,1-2H3,(H,32,36)(H,29,31,37)/t15-,17-. The maximum Gasteiger partial charge on any atom is 0.294 e. The molecule has 2 fully saturated rings. The van der Waals surface area contributed by atoms with E-state index in [4.69, 9.17) is 16.0 Å². The minimum Gasteiger partial charge on any atom is -0.447 e. The Labute approximate surface area is 229 Å². The van der Waals surface area contributed by atoms with Crippen LogP contribution in [0.15, 0.2) is 34.9 Å². The van der Waals surface area contributed by atoms with Gasteiger partial charge in [0.2, 0.25) is 17.6 Å². The average molecular weight is 553 g/mol. The first-order valence-electron chi connectivity index (χ1n) is 12.9. The van der Waals surface area contributed by atoms with Crippen LogP contribution in [-0.2, 0) is 9.59 Å². The quantitative estimate of drug-likeness (QED) is 0.472. The molecule has 0 atom stereocenters. The van der Waals surface area contributed by atoms with Crippen molar-refractivity contribution in [2.75, 3.05) is 31.3 Å². The molecule has 0 bridgehead atoms. The monoisotopic (exact) mass is 552 g/mol. The molecular weight excluding hydrogens is 524 g/mol.